The molecule has 0 aliphatic heterocycles. The van der Waals surface area contributed by atoms with Gasteiger partial charge in [-0.25, -0.2) is 0 Å². The van der Waals surface area contributed by atoms with Gasteiger partial charge in [0.15, 0.2) is 6.61 Å². The van der Waals surface area contributed by atoms with E-state index in [0.29, 0.717) is 12.1 Å². The minimum Gasteiger partial charge on any atom is -0.456 e. The van der Waals surface area contributed by atoms with Crippen LogP contribution in [0.5, 0.6) is 0 Å². The van der Waals surface area contributed by atoms with Gasteiger partial charge < -0.3 is 15.4 Å². The van der Waals surface area contributed by atoms with Crippen LogP contribution in [0.4, 0.5) is 11.4 Å². The molecule has 0 fully saturated rings. The molecule has 2 N–H and O–H groups in total. The van der Waals surface area contributed by atoms with Crippen molar-refractivity contribution in [2.75, 3.05) is 17.2 Å². The van der Waals surface area contributed by atoms with E-state index in [0.717, 1.165) is 27.7 Å². The Balaban J connectivity index is 1.66. The standard InChI is InChI=1S/C22H25BrN2O4/c1-3-16-7-4-5-8-19(16)25-20(26)9-6-10-22(28)29-14-21(27)24-17-11-12-18(23)15(2)13-17/h4-5,7-8,11-13H,3,6,9-10,14H2,1-2H3,(H,24,27)(H,25,26). The smallest absolute Gasteiger partial charge is 0.306 e. The van der Waals surface area contributed by atoms with Crippen LogP contribution in [0.1, 0.15) is 37.3 Å². The summed E-state index contributed by atoms with van der Waals surface area (Å²) in [6.07, 6.45) is 1.46. The van der Waals surface area contributed by atoms with Crippen LogP contribution in [0.3, 0.4) is 0 Å². The molecule has 0 aromatic heterocycles. The molecule has 0 saturated carbocycles. The topological polar surface area (TPSA) is 84.5 Å². The van der Waals surface area contributed by atoms with Crippen molar-refractivity contribution in [1.82, 2.24) is 0 Å². The predicted molar refractivity (Wildman–Crippen MR) is 117 cm³/mol. The third-order valence-corrected chi connectivity index (χ3v) is 5.15. The van der Waals surface area contributed by atoms with Crippen LogP contribution in [0.25, 0.3) is 0 Å². The van der Waals surface area contributed by atoms with Gasteiger partial charge in [0.2, 0.25) is 5.91 Å². The van der Waals surface area contributed by atoms with Crippen molar-refractivity contribution in [2.45, 2.75) is 39.5 Å². The zero-order valence-electron chi connectivity index (χ0n) is 16.6. The summed E-state index contributed by atoms with van der Waals surface area (Å²) >= 11 is 3.39. The quantitative estimate of drug-likeness (QED) is 0.535. The first-order chi connectivity index (χ1) is 13.9. The Kier molecular flexibility index (Phi) is 8.86. The van der Waals surface area contributed by atoms with Gasteiger partial charge in [-0.3, -0.25) is 14.4 Å². The number of aryl methyl sites for hydroxylation is 2. The van der Waals surface area contributed by atoms with Gasteiger partial charge in [-0.15, -0.1) is 0 Å². The second kappa shape index (κ2) is 11.4. The van der Waals surface area contributed by atoms with Gasteiger partial charge in [0.1, 0.15) is 0 Å². The maximum absolute atomic E-state index is 12.1. The first-order valence-corrected chi connectivity index (χ1v) is 10.3. The number of carbonyl (C=O) groups is 3. The number of anilines is 2. The van der Waals surface area contributed by atoms with E-state index in [-0.39, 0.29) is 25.4 Å². The maximum Gasteiger partial charge on any atom is 0.306 e. The Morgan fingerprint density at radius 2 is 1.76 bits per heavy atom. The Bertz CT molecular complexity index is 883. The molecule has 0 heterocycles. The highest BCUT2D eigenvalue weighted by atomic mass is 79.9. The summed E-state index contributed by atoms with van der Waals surface area (Å²) in [6, 6.07) is 13.0. The lowest BCUT2D eigenvalue weighted by Gasteiger charge is -2.10. The monoisotopic (exact) mass is 460 g/mol. The molecule has 2 aromatic carbocycles. The largest absolute Gasteiger partial charge is 0.456 e. The number of hydrogen-bond donors (Lipinski definition) is 2. The Labute approximate surface area is 179 Å². The number of amides is 2. The minimum atomic E-state index is -0.506. The van der Waals surface area contributed by atoms with E-state index in [2.05, 4.69) is 26.6 Å². The maximum atomic E-state index is 12.1. The normalized spacial score (nSPS) is 10.3. The number of esters is 1. The Morgan fingerprint density at radius 3 is 2.48 bits per heavy atom. The summed E-state index contributed by atoms with van der Waals surface area (Å²) in [5.74, 6) is -1.06. The molecular formula is C22H25BrN2O4. The predicted octanol–water partition coefficient (Wildman–Crippen LogP) is 4.61. The van der Waals surface area contributed by atoms with Gasteiger partial charge in [-0.2, -0.15) is 0 Å². The lowest BCUT2D eigenvalue weighted by molar-refractivity contribution is -0.147. The number of hydrogen-bond acceptors (Lipinski definition) is 4. The number of ether oxygens (including phenoxy) is 1. The summed E-state index contributed by atoms with van der Waals surface area (Å²) in [5, 5.41) is 5.54. The van der Waals surface area contributed by atoms with E-state index in [1.165, 1.54) is 0 Å². The highest BCUT2D eigenvalue weighted by Crippen LogP contribution is 2.20. The van der Waals surface area contributed by atoms with Gasteiger partial charge >= 0.3 is 5.97 Å². The number of benzene rings is 2. The first-order valence-electron chi connectivity index (χ1n) is 9.48. The molecule has 0 saturated heterocycles. The molecule has 2 amide bonds. The Morgan fingerprint density at radius 1 is 1.00 bits per heavy atom. The van der Waals surface area contributed by atoms with Crippen LogP contribution in [-0.2, 0) is 25.5 Å². The van der Waals surface area contributed by atoms with Crippen LogP contribution in [0.15, 0.2) is 46.9 Å². The van der Waals surface area contributed by atoms with Crippen LogP contribution < -0.4 is 10.6 Å². The summed E-state index contributed by atoms with van der Waals surface area (Å²) in [7, 11) is 0. The average molecular weight is 461 g/mol. The molecule has 0 atom stereocenters. The van der Waals surface area contributed by atoms with Crippen LogP contribution in [0, 0.1) is 6.92 Å². The fourth-order valence-corrected chi connectivity index (χ4v) is 2.94. The van der Waals surface area contributed by atoms with Gasteiger partial charge in [-0.05, 0) is 55.2 Å². The molecular weight excluding hydrogens is 436 g/mol. The van der Waals surface area contributed by atoms with Gasteiger partial charge in [0.25, 0.3) is 5.91 Å². The van der Waals surface area contributed by atoms with Crippen molar-refractivity contribution in [3.8, 4) is 0 Å². The zero-order chi connectivity index (χ0) is 21.2. The van der Waals surface area contributed by atoms with Crippen molar-refractivity contribution in [3.05, 3.63) is 58.1 Å². The number of halogens is 1. The van der Waals surface area contributed by atoms with Crippen molar-refractivity contribution in [3.63, 3.8) is 0 Å². The molecule has 0 unspecified atom stereocenters. The van der Waals surface area contributed by atoms with E-state index in [4.69, 9.17) is 4.74 Å². The summed E-state index contributed by atoms with van der Waals surface area (Å²) in [5.41, 5.74) is 3.48. The van der Waals surface area contributed by atoms with Crippen LogP contribution >= 0.6 is 15.9 Å². The van der Waals surface area contributed by atoms with Crippen molar-refractivity contribution >= 4 is 45.1 Å². The van der Waals surface area contributed by atoms with E-state index >= 15 is 0 Å². The van der Waals surface area contributed by atoms with E-state index in [1.807, 2.05) is 50.2 Å². The third-order valence-electron chi connectivity index (χ3n) is 4.26. The zero-order valence-corrected chi connectivity index (χ0v) is 18.2. The fraction of sp³-hybridized carbons (Fsp3) is 0.318. The number of carbonyl (C=O) groups excluding carboxylic acids is 3. The lowest BCUT2D eigenvalue weighted by atomic mass is 10.1. The number of nitrogens with one attached hydrogen (secondary N) is 2. The van der Waals surface area contributed by atoms with E-state index in [1.54, 1.807) is 6.07 Å². The van der Waals surface area contributed by atoms with Gasteiger partial charge in [0, 0.05) is 28.7 Å². The summed E-state index contributed by atoms with van der Waals surface area (Å²) < 4.78 is 5.92. The molecule has 2 rings (SSSR count). The van der Waals surface area contributed by atoms with Crippen LogP contribution in [0.2, 0.25) is 0 Å². The van der Waals surface area contributed by atoms with E-state index in [9.17, 15) is 14.4 Å². The molecule has 29 heavy (non-hydrogen) atoms. The average Bonchev–Trinajstić information content (AvgIpc) is 2.69. The van der Waals surface area contributed by atoms with Crippen LogP contribution in [-0.4, -0.2) is 24.4 Å². The summed E-state index contributed by atoms with van der Waals surface area (Å²) in [6.45, 7) is 3.58. The molecule has 0 spiro atoms. The molecule has 0 bridgehead atoms. The molecule has 0 aliphatic carbocycles. The second-order valence-corrected chi connectivity index (χ2v) is 7.44. The summed E-state index contributed by atoms with van der Waals surface area (Å²) in [4.78, 5) is 35.7. The number of para-hydroxylation sites is 1. The van der Waals surface area contributed by atoms with Crippen molar-refractivity contribution < 1.29 is 19.1 Å². The lowest BCUT2D eigenvalue weighted by Crippen LogP contribution is -2.21. The number of rotatable bonds is 9. The van der Waals surface area contributed by atoms with Gasteiger partial charge in [-0.1, -0.05) is 41.1 Å². The molecule has 0 aliphatic rings. The SMILES string of the molecule is CCc1ccccc1NC(=O)CCCC(=O)OCC(=O)Nc1ccc(Br)c(C)c1. The van der Waals surface area contributed by atoms with Crippen molar-refractivity contribution in [1.29, 1.82) is 0 Å². The Hall–Kier alpha value is -2.67. The molecule has 0 radical (unpaired) electrons. The fourth-order valence-electron chi connectivity index (χ4n) is 2.69. The highest BCUT2D eigenvalue weighted by molar-refractivity contribution is 9.10. The molecule has 6 nitrogen and oxygen atoms in total. The third kappa shape index (κ3) is 7.69. The first kappa shape index (κ1) is 22.6. The highest BCUT2D eigenvalue weighted by Gasteiger charge is 2.11. The molecule has 154 valence electrons. The second-order valence-electron chi connectivity index (χ2n) is 6.59. The minimum absolute atomic E-state index is 0.0769. The molecule has 7 heteroatoms. The van der Waals surface area contributed by atoms with E-state index < -0.39 is 11.9 Å². The van der Waals surface area contributed by atoms with Crippen molar-refractivity contribution in [2.24, 2.45) is 0 Å². The van der Waals surface area contributed by atoms with Gasteiger partial charge in [0.05, 0.1) is 0 Å². The molecule has 2 aromatic rings.